The van der Waals surface area contributed by atoms with Crippen LogP contribution in [0.4, 0.5) is 11.4 Å². The highest BCUT2D eigenvalue weighted by atomic mass is 32.1. The molecule has 0 amide bonds. The number of hydrogen-bond donors (Lipinski definition) is 0. The van der Waals surface area contributed by atoms with Gasteiger partial charge in [0.1, 0.15) is 30.6 Å². The van der Waals surface area contributed by atoms with E-state index in [2.05, 4.69) is 403 Å². The van der Waals surface area contributed by atoms with E-state index in [0.717, 1.165) is 6.54 Å². The second-order valence-corrected chi connectivity index (χ2v) is 26.0. The van der Waals surface area contributed by atoms with E-state index in [0.29, 0.717) is 0 Å². The predicted molar refractivity (Wildman–Crippen MR) is 391 cm³/mol. The largest absolute Gasteiger partial charge is 0.347 e. The van der Waals surface area contributed by atoms with Gasteiger partial charge in [-0.05, 0) is 56.7 Å². The van der Waals surface area contributed by atoms with Gasteiger partial charge in [0.05, 0.1) is 11.0 Å². The molecule has 0 spiro atoms. The summed E-state index contributed by atoms with van der Waals surface area (Å²) < 4.78 is 6.12. The number of aryl methyl sites for hydroxylation is 1. The lowest BCUT2D eigenvalue weighted by Crippen LogP contribution is -2.74. The van der Waals surface area contributed by atoms with Crippen LogP contribution in [-0.2, 0) is 17.4 Å². The van der Waals surface area contributed by atoms with Gasteiger partial charge in [-0.3, -0.25) is 0 Å². The van der Waals surface area contributed by atoms with Gasteiger partial charge in [0.2, 0.25) is 11.2 Å². The smallest absolute Gasteiger partial charge is 0.270 e. The quantitative estimate of drug-likeness (QED) is 0.0636. The van der Waals surface area contributed by atoms with E-state index in [1.807, 2.05) is 11.3 Å². The molecule has 12 aromatic rings. The number of thiazole rings is 1. The zero-order valence-corrected chi connectivity index (χ0v) is 53.8. The Bertz CT molecular complexity index is 4010. The molecular formula is C84H79B2N3S. The van der Waals surface area contributed by atoms with Crippen LogP contribution < -0.4 is 53.2 Å². The number of rotatable bonds is 13. The van der Waals surface area contributed by atoms with Crippen molar-refractivity contribution in [2.75, 3.05) is 19.0 Å². The maximum atomic E-state index is 2.45. The summed E-state index contributed by atoms with van der Waals surface area (Å²) in [6, 6.07) is 113. The van der Waals surface area contributed by atoms with E-state index < -0.39 is 12.3 Å². The van der Waals surface area contributed by atoms with Crippen molar-refractivity contribution in [1.82, 2.24) is 0 Å². The molecule has 3 nitrogen and oxygen atoms in total. The Morgan fingerprint density at radius 3 is 1.14 bits per heavy atom. The van der Waals surface area contributed by atoms with Gasteiger partial charge < -0.3 is 4.90 Å². The number of anilines is 1. The van der Waals surface area contributed by atoms with E-state index in [4.69, 9.17) is 0 Å². The molecule has 1 aromatic heterocycles. The summed E-state index contributed by atoms with van der Waals surface area (Å²) >= 11 is 1.88. The second kappa shape index (κ2) is 26.5. The molecule has 11 aromatic carbocycles. The third kappa shape index (κ3) is 11.3. The highest BCUT2D eigenvalue weighted by molar-refractivity contribution is 7.20. The Labute approximate surface area is 538 Å². The number of aromatic nitrogens is 1. The Morgan fingerprint density at radius 1 is 0.422 bits per heavy atom. The van der Waals surface area contributed by atoms with Crippen LogP contribution in [0.2, 0.25) is 0 Å². The number of benzene rings is 11. The second-order valence-electron chi connectivity index (χ2n) is 24.9. The molecule has 0 fully saturated rings. The van der Waals surface area contributed by atoms with Gasteiger partial charge >= 0.3 is 0 Å². The summed E-state index contributed by atoms with van der Waals surface area (Å²) in [4.78, 5) is 2.35. The first-order chi connectivity index (χ1) is 44.0. The fraction of sp³-hybridized carbons (Fsp3) is 0.119. The van der Waals surface area contributed by atoms with Gasteiger partial charge in [0.25, 0.3) is 5.01 Å². The summed E-state index contributed by atoms with van der Waals surface area (Å²) in [7, 11) is 4.38. The van der Waals surface area contributed by atoms with Crippen LogP contribution in [0, 0.1) is 0 Å². The van der Waals surface area contributed by atoms with Crippen molar-refractivity contribution in [3.8, 4) is 0 Å². The van der Waals surface area contributed by atoms with Gasteiger partial charge in [0, 0.05) is 47.6 Å². The van der Waals surface area contributed by atoms with Crippen LogP contribution in [-0.4, -0.2) is 36.7 Å². The van der Waals surface area contributed by atoms with Crippen LogP contribution >= 0.6 is 11.3 Å². The Hall–Kier alpha value is -9.87. The molecule has 0 radical (unpaired) electrons. The van der Waals surface area contributed by atoms with Gasteiger partial charge in [-0.25, -0.2) is 0 Å². The SMILES string of the molecule is CC[n+]1c(C(=C\C=C2\N(C)c3ccccc3C2(C)C)/C=C/C2=[N+](C)c3ccccc3C2(C)C)sc2ccccc21.c1ccc([B-](c2ccccc2)(c2ccccc2)c2ccccc2)cc1.c1ccc([B-](c2ccccc2)(c2ccccc2)c2ccccc2)cc1. The topological polar surface area (TPSA) is 10.1 Å². The van der Waals surface area contributed by atoms with Crippen molar-refractivity contribution in [3.05, 3.63) is 362 Å². The molecule has 2 aliphatic rings. The van der Waals surface area contributed by atoms with E-state index >= 15 is 0 Å². The minimum absolute atomic E-state index is 0.0678. The fourth-order valence-corrected chi connectivity index (χ4v) is 16.2. The van der Waals surface area contributed by atoms with Gasteiger partial charge in [-0.15, -0.1) is 0 Å². The zero-order valence-electron chi connectivity index (χ0n) is 52.9. The molecule has 2 aliphatic heterocycles. The highest BCUT2D eigenvalue weighted by Gasteiger charge is 2.43. The van der Waals surface area contributed by atoms with Gasteiger partial charge in [-0.2, -0.15) is 52.8 Å². The van der Waals surface area contributed by atoms with Gasteiger partial charge in [-0.1, -0.05) is 316 Å². The lowest BCUT2D eigenvalue weighted by atomic mass is 9.13. The standard InChI is InChI=1S/C36H39N3S.2C24H20B/c1-8-39-30-19-13-14-20-31(30)40-34(39)25(21-23-32-35(2,3)26-15-9-11-17-28(26)37(32)6)22-24-33-36(4,5)27-16-10-12-18-29(27)38(33)7;2*1-5-13-21(14-6-1)25(22-15-7-2-8-16-22,23-17-9-3-10-18-23)24-19-11-4-12-20-24/h9-24H,8H2,1-7H3;2*1-20H/q+2;2*-1. The maximum Gasteiger partial charge on any atom is 0.270 e. The van der Waals surface area contributed by atoms with E-state index in [9.17, 15) is 0 Å². The first-order valence-electron chi connectivity index (χ1n) is 31.8. The van der Waals surface area contributed by atoms with Crippen LogP contribution in [0.1, 0.15) is 50.8 Å². The fourth-order valence-electron chi connectivity index (χ4n) is 14.9. The molecule has 14 rings (SSSR count). The van der Waals surface area contributed by atoms with Crippen LogP contribution in [0.25, 0.3) is 15.8 Å². The number of hydrogen-bond acceptors (Lipinski definition) is 2. The lowest BCUT2D eigenvalue weighted by Gasteiger charge is -2.44. The lowest BCUT2D eigenvalue weighted by molar-refractivity contribution is -0.665. The monoisotopic (exact) mass is 1180 g/mol. The van der Waals surface area contributed by atoms with E-state index in [1.165, 1.54) is 98.4 Å². The van der Waals surface area contributed by atoms with Crippen molar-refractivity contribution in [1.29, 1.82) is 0 Å². The van der Waals surface area contributed by atoms with Crippen molar-refractivity contribution in [3.63, 3.8) is 0 Å². The summed E-state index contributed by atoms with van der Waals surface area (Å²) in [6.45, 7) is 12.5. The molecule has 442 valence electrons. The third-order valence-electron chi connectivity index (χ3n) is 19.3. The van der Waals surface area contributed by atoms with Crippen molar-refractivity contribution >= 4 is 100 Å². The van der Waals surface area contributed by atoms with Gasteiger partial charge in [0.15, 0.2) is 5.71 Å². The van der Waals surface area contributed by atoms with Crippen LogP contribution in [0.3, 0.4) is 0 Å². The van der Waals surface area contributed by atoms with Crippen LogP contribution in [0.5, 0.6) is 0 Å². The number of nitrogens with zero attached hydrogens (tertiary/aromatic N) is 3. The summed E-state index contributed by atoms with van der Waals surface area (Å²) in [5, 5.41) is 1.28. The first-order valence-corrected chi connectivity index (χ1v) is 32.6. The molecular weight excluding hydrogens is 1100 g/mol. The number of fused-ring (bicyclic) bond motifs is 3. The van der Waals surface area contributed by atoms with Crippen LogP contribution in [0.15, 0.2) is 345 Å². The van der Waals surface area contributed by atoms with E-state index in [1.54, 1.807) is 0 Å². The molecule has 0 N–H and O–H groups in total. The number of likely N-dealkylation sites (N-methyl/N-ethyl adjacent to an activating group) is 1. The van der Waals surface area contributed by atoms with E-state index in [-0.39, 0.29) is 10.8 Å². The molecule has 0 saturated carbocycles. The van der Waals surface area contributed by atoms with Crippen molar-refractivity contribution in [2.45, 2.75) is 52.0 Å². The molecule has 0 unspecified atom stereocenters. The van der Waals surface area contributed by atoms with Crippen molar-refractivity contribution in [2.24, 2.45) is 0 Å². The Morgan fingerprint density at radius 2 is 0.767 bits per heavy atom. The molecule has 0 aliphatic carbocycles. The molecule has 6 heteroatoms. The summed E-state index contributed by atoms with van der Waals surface area (Å²) in [5.74, 6) is 0. The molecule has 3 heterocycles. The number of allylic oxidation sites excluding steroid dienone is 6. The average Bonchev–Trinajstić information content (AvgIpc) is 1.21. The molecule has 0 saturated heterocycles. The zero-order chi connectivity index (χ0) is 62.1. The minimum Gasteiger partial charge on any atom is -0.347 e. The Balaban J connectivity index is 0.000000137. The normalized spacial score (nSPS) is 14.6. The summed E-state index contributed by atoms with van der Waals surface area (Å²) in [6.07, 6.45) is 6.92. The third-order valence-corrected chi connectivity index (χ3v) is 20.5. The average molecular weight is 1180 g/mol. The van der Waals surface area contributed by atoms with Crippen molar-refractivity contribution < 1.29 is 9.14 Å². The molecule has 0 atom stereocenters. The Kier molecular flexibility index (Phi) is 17.8. The predicted octanol–water partition coefficient (Wildman–Crippen LogP) is 14.3. The first kappa shape index (κ1) is 60.4. The maximum absolute atomic E-state index is 2.45. The highest BCUT2D eigenvalue weighted by Crippen LogP contribution is 2.47. The number of para-hydroxylation sites is 3. The summed E-state index contributed by atoms with van der Waals surface area (Å²) in [5.41, 5.74) is 21.0. The molecule has 0 bridgehead atoms. The minimum atomic E-state index is -1.22. The molecule has 90 heavy (non-hydrogen) atoms.